The minimum atomic E-state index is -0.179. The lowest BCUT2D eigenvalue weighted by Crippen LogP contribution is -2.59. The molecule has 0 radical (unpaired) electrons. The number of amides is 2. The predicted molar refractivity (Wildman–Crippen MR) is 119 cm³/mol. The normalized spacial score (nSPS) is 29.5. The molecule has 7 nitrogen and oxygen atoms in total. The lowest BCUT2D eigenvalue weighted by Gasteiger charge is -2.51. The number of urea groups is 1. The van der Waals surface area contributed by atoms with Gasteiger partial charge in [0.2, 0.25) is 0 Å². The van der Waals surface area contributed by atoms with Crippen LogP contribution in [0.1, 0.15) is 30.1 Å². The zero-order valence-corrected chi connectivity index (χ0v) is 18.3. The lowest BCUT2D eigenvalue weighted by atomic mass is 9.75. The third kappa shape index (κ3) is 5.20. The molecule has 164 valence electrons. The number of benzene rings is 1. The second-order valence-corrected chi connectivity index (χ2v) is 9.27. The molecule has 4 atom stereocenters. The number of Topliss-reactive ketones (excluding diaryl/α,β-unsaturated/α-hetero) is 1. The van der Waals surface area contributed by atoms with E-state index < -0.39 is 0 Å². The van der Waals surface area contributed by atoms with Crippen molar-refractivity contribution in [2.24, 2.45) is 11.8 Å². The Morgan fingerprint density at radius 3 is 2.43 bits per heavy atom. The Labute approximate surface area is 179 Å². The van der Waals surface area contributed by atoms with Crippen LogP contribution in [0.25, 0.3) is 0 Å². The van der Waals surface area contributed by atoms with Crippen LogP contribution in [0.4, 0.5) is 10.5 Å². The summed E-state index contributed by atoms with van der Waals surface area (Å²) in [5, 5.41) is 5.92. The fourth-order valence-electron chi connectivity index (χ4n) is 5.20. The first-order valence-corrected chi connectivity index (χ1v) is 11.3. The average Bonchev–Trinajstić information content (AvgIpc) is 2.75. The van der Waals surface area contributed by atoms with E-state index in [4.69, 9.17) is 0 Å². The van der Waals surface area contributed by atoms with Gasteiger partial charge in [-0.05, 0) is 69.5 Å². The molecule has 4 aliphatic rings. The van der Waals surface area contributed by atoms with Gasteiger partial charge < -0.3 is 20.4 Å². The van der Waals surface area contributed by atoms with Gasteiger partial charge in [0.05, 0.1) is 0 Å². The maximum atomic E-state index is 12.3. The minimum absolute atomic E-state index is 0.0262. The summed E-state index contributed by atoms with van der Waals surface area (Å²) in [7, 11) is 2.21. The van der Waals surface area contributed by atoms with Crippen LogP contribution in [0.3, 0.4) is 0 Å². The minimum Gasteiger partial charge on any atom is -0.336 e. The van der Waals surface area contributed by atoms with Gasteiger partial charge in [-0.15, -0.1) is 0 Å². The first-order valence-electron chi connectivity index (χ1n) is 11.3. The van der Waals surface area contributed by atoms with Crippen molar-refractivity contribution in [1.29, 1.82) is 0 Å². The molecule has 0 aromatic heterocycles. The second-order valence-electron chi connectivity index (χ2n) is 9.27. The topological polar surface area (TPSA) is 67.9 Å². The molecule has 2 N–H and O–H groups in total. The number of carbonyl (C=O) groups excluding carboxylic acids is 2. The summed E-state index contributed by atoms with van der Waals surface area (Å²) in [6.07, 6.45) is 2.48. The van der Waals surface area contributed by atoms with E-state index in [-0.39, 0.29) is 11.8 Å². The molecule has 1 unspecified atom stereocenters. The number of nitrogens with one attached hydrogen (secondary N) is 2. The number of hydrogen-bond donors (Lipinski definition) is 2. The molecule has 4 aliphatic heterocycles. The number of hydrogen-bond acceptors (Lipinski definition) is 5. The molecule has 0 saturated carbocycles. The van der Waals surface area contributed by atoms with E-state index in [0.29, 0.717) is 23.8 Å². The summed E-state index contributed by atoms with van der Waals surface area (Å²) in [4.78, 5) is 31.3. The molecule has 4 fully saturated rings. The van der Waals surface area contributed by atoms with E-state index in [1.807, 2.05) is 0 Å². The largest absolute Gasteiger partial charge is 0.336 e. The Morgan fingerprint density at radius 2 is 1.80 bits per heavy atom. The summed E-state index contributed by atoms with van der Waals surface area (Å²) in [6, 6.07) is 7.28. The van der Waals surface area contributed by atoms with Crippen LogP contribution in [-0.2, 0) is 0 Å². The molecule has 7 heteroatoms. The van der Waals surface area contributed by atoms with E-state index in [1.54, 1.807) is 24.3 Å². The number of nitrogens with zero attached hydrogens (tertiary/aromatic N) is 3. The van der Waals surface area contributed by atoms with Gasteiger partial charge in [0.25, 0.3) is 0 Å². The van der Waals surface area contributed by atoms with Gasteiger partial charge in [0.1, 0.15) is 0 Å². The first-order chi connectivity index (χ1) is 14.5. The standard InChI is InChI=1S/C23H35N5O2/c1-17(29)18-3-5-21(6-4-18)25-23(30)24-14-22-13-19-7-8-28(22)16-20(19)15-27-11-9-26(2)10-12-27/h3-6,19-20,22H,7-16H2,1-2H3,(H2,24,25,30)/t19-,20+,22+/m1/s1. The summed E-state index contributed by atoms with van der Waals surface area (Å²) in [5.41, 5.74) is 1.35. The van der Waals surface area contributed by atoms with Crippen LogP contribution in [0.2, 0.25) is 0 Å². The van der Waals surface area contributed by atoms with Crippen molar-refractivity contribution in [1.82, 2.24) is 20.0 Å². The average molecular weight is 414 g/mol. The molecule has 1 aromatic carbocycles. The number of piperidine rings is 3. The molecular formula is C23H35N5O2. The predicted octanol–water partition coefficient (Wildman–Crippen LogP) is 1.97. The molecule has 30 heavy (non-hydrogen) atoms. The second kappa shape index (κ2) is 9.45. The molecule has 2 amide bonds. The number of fused-ring (bicyclic) bond motifs is 3. The molecule has 4 saturated heterocycles. The van der Waals surface area contributed by atoms with E-state index in [1.165, 1.54) is 52.5 Å². The van der Waals surface area contributed by atoms with E-state index in [0.717, 1.165) is 24.9 Å². The maximum absolute atomic E-state index is 12.3. The fraction of sp³-hybridized carbons (Fsp3) is 0.652. The van der Waals surface area contributed by atoms with Gasteiger partial charge in [-0.3, -0.25) is 9.69 Å². The van der Waals surface area contributed by atoms with Gasteiger partial charge in [-0.1, -0.05) is 0 Å². The lowest BCUT2D eigenvalue weighted by molar-refractivity contribution is -0.0155. The highest BCUT2D eigenvalue weighted by Gasteiger charge is 2.40. The van der Waals surface area contributed by atoms with Crippen LogP contribution >= 0.6 is 0 Å². The molecule has 1 aromatic rings. The van der Waals surface area contributed by atoms with Gasteiger partial charge in [-0.2, -0.15) is 0 Å². The smallest absolute Gasteiger partial charge is 0.319 e. The van der Waals surface area contributed by atoms with Crippen molar-refractivity contribution in [3.63, 3.8) is 0 Å². The molecular weight excluding hydrogens is 378 g/mol. The molecule has 2 bridgehead atoms. The monoisotopic (exact) mass is 413 g/mol. The van der Waals surface area contributed by atoms with Gasteiger partial charge in [0.15, 0.2) is 5.78 Å². The highest BCUT2D eigenvalue weighted by Crippen LogP contribution is 2.36. The van der Waals surface area contributed by atoms with Crippen LogP contribution in [0.5, 0.6) is 0 Å². The first kappa shape index (κ1) is 21.3. The summed E-state index contributed by atoms with van der Waals surface area (Å²) in [6.45, 7) is 10.5. The van der Waals surface area contributed by atoms with Crippen LogP contribution in [-0.4, -0.2) is 92.0 Å². The number of anilines is 1. The molecule has 0 spiro atoms. The molecule has 5 rings (SSSR count). The Balaban J connectivity index is 1.21. The summed E-state index contributed by atoms with van der Waals surface area (Å²) in [5.74, 6) is 1.58. The Morgan fingerprint density at radius 1 is 1.07 bits per heavy atom. The number of carbonyl (C=O) groups is 2. The highest BCUT2D eigenvalue weighted by molar-refractivity contribution is 5.95. The van der Waals surface area contributed by atoms with Crippen molar-refractivity contribution < 1.29 is 9.59 Å². The highest BCUT2D eigenvalue weighted by atomic mass is 16.2. The third-order valence-electron chi connectivity index (χ3n) is 7.15. The third-order valence-corrected chi connectivity index (χ3v) is 7.15. The van der Waals surface area contributed by atoms with Crippen molar-refractivity contribution in [2.75, 3.05) is 64.7 Å². The SMILES string of the molecule is CC(=O)c1ccc(NC(=O)NC[C@@H]2C[C@H]3CCN2C[C@@H]3CN2CCN(C)CC2)cc1. The Kier molecular flexibility index (Phi) is 6.71. The van der Waals surface area contributed by atoms with Crippen molar-refractivity contribution >= 4 is 17.5 Å². The number of likely N-dealkylation sites (N-methyl/N-ethyl adjacent to an activating group) is 1. The summed E-state index contributed by atoms with van der Waals surface area (Å²) < 4.78 is 0. The van der Waals surface area contributed by atoms with Crippen LogP contribution in [0.15, 0.2) is 24.3 Å². The fourth-order valence-corrected chi connectivity index (χ4v) is 5.20. The number of piperazine rings is 1. The van der Waals surface area contributed by atoms with Gasteiger partial charge in [0, 0.05) is 63.1 Å². The molecule has 0 aliphatic carbocycles. The van der Waals surface area contributed by atoms with Crippen molar-refractivity contribution in [3.8, 4) is 0 Å². The van der Waals surface area contributed by atoms with E-state index in [2.05, 4.69) is 32.4 Å². The van der Waals surface area contributed by atoms with Gasteiger partial charge in [-0.25, -0.2) is 4.79 Å². The van der Waals surface area contributed by atoms with Crippen LogP contribution in [0, 0.1) is 11.8 Å². The van der Waals surface area contributed by atoms with Crippen molar-refractivity contribution in [2.45, 2.75) is 25.8 Å². The van der Waals surface area contributed by atoms with E-state index >= 15 is 0 Å². The van der Waals surface area contributed by atoms with Crippen molar-refractivity contribution in [3.05, 3.63) is 29.8 Å². The zero-order valence-electron chi connectivity index (χ0n) is 18.3. The van der Waals surface area contributed by atoms with E-state index in [9.17, 15) is 9.59 Å². The summed E-state index contributed by atoms with van der Waals surface area (Å²) >= 11 is 0. The number of ketones is 1. The zero-order chi connectivity index (χ0) is 21.1. The Bertz CT molecular complexity index is 744. The number of rotatable bonds is 6. The molecule has 4 heterocycles. The Hall–Kier alpha value is -1.96. The van der Waals surface area contributed by atoms with Gasteiger partial charge >= 0.3 is 6.03 Å². The maximum Gasteiger partial charge on any atom is 0.319 e. The van der Waals surface area contributed by atoms with Crippen LogP contribution < -0.4 is 10.6 Å². The quantitative estimate of drug-likeness (QED) is 0.698.